The van der Waals surface area contributed by atoms with Crippen molar-refractivity contribution in [3.63, 3.8) is 0 Å². The molecule has 13 heteroatoms. The van der Waals surface area contributed by atoms with Gasteiger partial charge < -0.3 is 14.8 Å². The van der Waals surface area contributed by atoms with Crippen molar-refractivity contribution in [2.75, 3.05) is 23.9 Å². The summed E-state index contributed by atoms with van der Waals surface area (Å²) in [5.41, 5.74) is 0.366. The molecule has 1 aliphatic rings. The number of imide groups is 2. The van der Waals surface area contributed by atoms with Gasteiger partial charge in [-0.25, -0.2) is 14.1 Å². The highest BCUT2D eigenvalue weighted by Gasteiger charge is 2.37. The molecule has 3 aromatic carbocycles. The zero-order valence-corrected chi connectivity index (χ0v) is 22.2. The summed E-state index contributed by atoms with van der Waals surface area (Å²) in [7, 11) is 1.33. The van der Waals surface area contributed by atoms with Gasteiger partial charge in [0.15, 0.2) is 18.1 Å². The number of ether oxygens (including phenoxy) is 2. The molecular weight excluding hydrogens is 576 g/mol. The highest BCUT2D eigenvalue weighted by molar-refractivity contribution is 6.43. The molecule has 0 aromatic heterocycles. The lowest BCUT2D eigenvalue weighted by Gasteiger charge is -2.26. The highest BCUT2D eigenvalue weighted by Crippen LogP contribution is 2.37. The van der Waals surface area contributed by atoms with Crippen molar-refractivity contribution in [1.29, 1.82) is 0 Å². The van der Waals surface area contributed by atoms with Crippen molar-refractivity contribution in [3.8, 4) is 11.5 Å². The number of rotatable bonds is 7. The van der Waals surface area contributed by atoms with Crippen molar-refractivity contribution >= 4 is 76.0 Å². The van der Waals surface area contributed by atoms with Crippen LogP contribution in [0, 0.1) is 5.82 Å². The molecule has 2 N–H and O–H groups in total. The molecule has 1 saturated heterocycles. The first kappa shape index (κ1) is 27.9. The number of benzene rings is 3. The minimum atomic E-state index is -0.959. The van der Waals surface area contributed by atoms with Gasteiger partial charge in [-0.1, -0.05) is 34.8 Å². The molecule has 9 nitrogen and oxygen atoms in total. The number of nitrogens with one attached hydrogen (secondary N) is 2. The Morgan fingerprint density at radius 2 is 1.72 bits per heavy atom. The van der Waals surface area contributed by atoms with E-state index in [4.69, 9.17) is 44.3 Å². The number of carbonyl (C=O) groups is 4. The Kier molecular flexibility index (Phi) is 8.39. The second kappa shape index (κ2) is 11.7. The van der Waals surface area contributed by atoms with Crippen LogP contribution < -0.4 is 25.0 Å². The number of barbiturate groups is 1. The smallest absolute Gasteiger partial charge is 0.335 e. The second-order valence-electron chi connectivity index (χ2n) is 7.93. The standard InChI is InChI=1S/C26H17Cl3FN3O6/c1-38-21-10-13(9-20(29)23(21)39-12-22(34)31-15-4-2-14(30)3-5-15)8-17-24(35)32-26(37)33(25(17)36)16-6-7-18(27)19(28)11-16/h2-11H,12H2,1H3,(H,31,34)(H,32,35,37)/b17-8-. The van der Waals surface area contributed by atoms with Crippen LogP contribution in [0.4, 0.5) is 20.6 Å². The van der Waals surface area contributed by atoms with Crippen molar-refractivity contribution in [2.45, 2.75) is 0 Å². The molecule has 0 bridgehead atoms. The van der Waals surface area contributed by atoms with Gasteiger partial charge in [-0.2, -0.15) is 0 Å². The molecule has 0 spiro atoms. The first-order valence-corrected chi connectivity index (χ1v) is 12.1. The summed E-state index contributed by atoms with van der Waals surface area (Å²) >= 11 is 18.3. The summed E-state index contributed by atoms with van der Waals surface area (Å²) in [5.74, 6) is -2.68. The van der Waals surface area contributed by atoms with E-state index in [1.165, 1.54) is 67.8 Å². The Bertz CT molecular complexity index is 1530. The van der Waals surface area contributed by atoms with Gasteiger partial charge in [-0.15, -0.1) is 0 Å². The van der Waals surface area contributed by atoms with Gasteiger partial charge in [0, 0.05) is 5.69 Å². The number of halogens is 4. The Labute approximate surface area is 236 Å². The van der Waals surface area contributed by atoms with E-state index >= 15 is 0 Å². The number of methoxy groups -OCH3 is 1. The molecule has 0 atom stereocenters. The number of nitrogens with zero attached hydrogens (tertiary/aromatic N) is 1. The minimum Gasteiger partial charge on any atom is -0.493 e. The average Bonchev–Trinajstić information content (AvgIpc) is 2.89. The maximum atomic E-state index is 13.1. The van der Waals surface area contributed by atoms with Crippen molar-refractivity contribution in [3.05, 3.63) is 86.6 Å². The summed E-state index contributed by atoms with van der Waals surface area (Å²) in [5, 5.41) is 4.98. The molecule has 200 valence electrons. The van der Waals surface area contributed by atoms with Gasteiger partial charge in [0.1, 0.15) is 11.4 Å². The Balaban J connectivity index is 1.56. The van der Waals surface area contributed by atoms with Gasteiger partial charge >= 0.3 is 6.03 Å². The SMILES string of the molecule is COc1cc(/C=C2/C(=O)NC(=O)N(c3ccc(Cl)c(Cl)c3)C2=O)cc(Cl)c1OCC(=O)Nc1ccc(F)cc1. The summed E-state index contributed by atoms with van der Waals surface area (Å²) in [4.78, 5) is 51.1. The molecule has 5 amide bonds. The summed E-state index contributed by atoms with van der Waals surface area (Å²) in [6.45, 7) is -0.449. The fraction of sp³-hybridized carbons (Fsp3) is 0.0769. The van der Waals surface area contributed by atoms with E-state index in [1.807, 2.05) is 0 Å². The number of urea groups is 1. The predicted octanol–water partition coefficient (Wildman–Crippen LogP) is 5.48. The maximum absolute atomic E-state index is 13.1. The highest BCUT2D eigenvalue weighted by atomic mass is 35.5. The predicted molar refractivity (Wildman–Crippen MR) is 144 cm³/mol. The van der Waals surface area contributed by atoms with E-state index in [9.17, 15) is 23.6 Å². The Hall–Kier alpha value is -4.12. The van der Waals surface area contributed by atoms with E-state index in [-0.39, 0.29) is 43.4 Å². The van der Waals surface area contributed by atoms with E-state index in [0.717, 1.165) is 4.90 Å². The number of hydrogen-bond acceptors (Lipinski definition) is 6. The Morgan fingerprint density at radius 3 is 2.38 bits per heavy atom. The van der Waals surface area contributed by atoms with E-state index in [0.29, 0.717) is 5.69 Å². The monoisotopic (exact) mass is 591 g/mol. The van der Waals surface area contributed by atoms with Crippen molar-refractivity contribution in [2.24, 2.45) is 0 Å². The second-order valence-corrected chi connectivity index (χ2v) is 9.16. The van der Waals surface area contributed by atoms with Crippen LogP contribution >= 0.6 is 34.8 Å². The largest absolute Gasteiger partial charge is 0.493 e. The van der Waals surface area contributed by atoms with Crippen molar-refractivity contribution < 1.29 is 33.0 Å². The van der Waals surface area contributed by atoms with Gasteiger partial charge in [0.25, 0.3) is 17.7 Å². The molecular formula is C26H17Cl3FN3O6. The lowest BCUT2D eigenvalue weighted by atomic mass is 10.1. The normalized spacial score (nSPS) is 14.3. The van der Waals surface area contributed by atoms with Gasteiger partial charge in [-0.3, -0.25) is 19.7 Å². The van der Waals surface area contributed by atoms with Gasteiger partial charge in [0.05, 0.1) is 27.9 Å². The van der Waals surface area contributed by atoms with Crippen LogP contribution in [-0.2, 0) is 14.4 Å². The number of carbonyl (C=O) groups excluding carboxylic acids is 4. The molecule has 39 heavy (non-hydrogen) atoms. The van der Waals surface area contributed by atoms with Crippen LogP contribution in [0.25, 0.3) is 6.08 Å². The maximum Gasteiger partial charge on any atom is 0.335 e. The third-order valence-corrected chi connectivity index (χ3v) is 6.32. The van der Waals surface area contributed by atoms with Crippen molar-refractivity contribution in [1.82, 2.24) is 5.32 Å². The molecule has 0 saturated carbocycles. The summed E-state index contributed by atoms with van der Waals surface area (Å²) in [6, 6.07) is 11.1. The minimum absolute atomic E-state index is 0.0110. The third-order valence-electron chi connectivity index (χ3n) is 5.30. The molecule has 0 aliphatic carbocycles. The zero-order chi connectivity index (χ0) is 28.3. The molecule has 0 unspecified atom stereocenters. The van der Waals surface area contributed by atoms with Crippen LogP contribution in [0.2, 0.25) is 15.1 Å². The van der Waals surface area contributed by atoms with Crippen LogP contribution in [0.1, 0.15) is 5.56 Å². The molecule has 1 fully saturated rings. The lowest BCUT2D eigenvalue weighted by molar-refractivity contribution is -0.122. The van der Waals surface area contributed by atoms with Crippen LogP contribution in [0.3, 0.4) is 0 Å². The van der Waals surface area contributed by atoms with Gasteiger partial charge in [-0.05, 0) is 66.2 Å². The number of amides is 5. The van der Waals surface area contributed by atoms with Gasteiger partial charge in [0.2, 0.25) is 0 Å². The van der Waals surface area contributed by atoms with Crippen LogP contribution in [-0.4, -0.2) is 37.5 Å². The number of hydrogen-bond donors (Lipinski definition) is 2. The Morgan fingerprint density at radius 1 is 1.00 bits per heavy atom. The summed E-state index contributed by atoms with van der Waals surface area (Å²) in [6.07, 6.45) is 1.22. The lowest BCUT2D eigenvalue weighted by Crippen LogP contribution is -2.54. The number of anilines is 2. The zero-order valence-electron chi connectivity index (χ0n) is 19.9. The summed E-state index contributed by atoms with van der Waals surface area (Å²) < 4.78 is 23.9. The quantitative estimate of drug-likeness (QED) is 0.278. The van der Waals surface area contributed by atoms with E-state index in [2.05, 4.69) is 10.6 Å². The average molecular weight is 593 g/mol. The fourth-order valence-corrected chi connectivity index (χ4v) is 4.08. The first-order chi connectivity index (χ1) is 18.6. The molecule has 0 radical (unpaired) electrons. The molecule has 1 aliphatic heterocycles. The van der Waals surface area contributed by atoms with Crippen LogP contribution in [0.5, 0.6) is 11.5 Å². The third kappa shape index (κ3) is 6.31. The molecule has 1 heterocycles. The fourth-order valence-electron chi connectivity index (χ4n) is 3.51. The van der Waals surface area contributed by atoms with E-state index < -0.39 is 36.2 Å². The van der Waals surface area contributed by atoms with E-state index in [1.54, 1.807) is 0 Å². The topological polar surface area (TPSA) is 114 Å². The molecule has 3 aromatic rings. The first-order valence-electron chi connectivity index (χ1n) is 11.0. The molecule has 4 rings (SSSR count). The van der Waals surface area contributed by atoms with Crippen LogP contribution in [0.15, 0.2) is 60.2 Å².